The number of hydrazone groups is 1. The molecular formula is C28H23BrN2O4. The van der Waals surface area contributed by atoms with Gasteiger partial charge in [0.15, 0.2) is 0 Å². The first kappa shape index (κ1) is 24.2. The number of esters is 1. The highest BCUT2D eigenvalue weighted by Crippen LogP contribution is 2.23. The smallest absolute Gasteiger partial charge is 0.343 e. The fourth-order valence-corrected chi connectivity index (χ4v) is 3.94. The monoisotopic (exact) mass is 530 g/mol. The van der Waals surface area contributed by atoms with Crippen molar-refractivity contribution in [2.24, 2.45) is 5.10 Å². The molecule has 35 heavy (non-hydrogen) atoms. The molecule has 0 bridgehead atoms. The molecule has 0 spiro atoms. The topological polar surface area (TPSA) is 77.0 Å². The second-order valence-electron chi connectivity index (χ2n) is 7.64. The number of rotatable bonds is 8. The molecule has 6 nitrogen and oxygen atoms in total. The number of nitrogens with zero attached hydrogens (tertiary/aromatic N) is 1. The molecule has 0 aromatic heterocycles. The Bertz CT molecular complexity index is 1380. The minimum Gasteiger partial charge on any atom is -0.494 e. The van der Waals surface area contributed by atoms with Gasteiger partial charge in [0.2, 0.25) is 5.91 Å². The van der Waals surface area contributed by atoms with Crippen LogP contribution >= 0.6 is 15.9 Å². The van der Waals surface area contributed by atoms with E-state index in [4.69, 9.17) is 9.47 Å². The van der Waals surface area contributed by atoms with E-state index in [1.54, 1.807) is 42.5 Å². The van der Waals surface area contributed by atoms with Gasteiger partial charge in [-0.3, -0.25) is 4.79 Å². The van der Waals surface area contributed by atoms with E-state index in [1.165, 1.54) is 6.21 Å². The average molecular weight is 531 g/mol. The second kappa shape index (κ2) is 11.4. The van der Waals surface area contributed by atoms with E-state index in [9.17, 15) is 9.59 Å². The van der Waals surface area contributed by atoms with Crippen molar-refractivity contribution in [3.05, 3.63) is 106 Å². The number of carbonyl (C=O) groups is 2. The normalized spacial score (nSPS) is 10.9. The first-order valence-corrected chi connectivity index (χ1v) is 11.9. The van der Waals surface area contributed by atoms with E-state index in [2.05, 4.69) is 26.5 Å². The van der Waals surface area contributed by atoms with Crippen LogP contribution < -0.4 is 14.9 Å². The first-order chi connectivity index (χ1) is 17.0. The van der Waals surface area contributed by atoms with Gasteiger partial charge in [0.1, 0.15) is 11.5 Å². The number of hydrogen-bond donors (Lipinski definition) is 1. The third-order valence-corrected chi connectivity index (χ3v) is 5.69. The van der Waals surface area contributed by atoms with Crippen LogP contribution in [0, 0.1) is 0 Å². The third-order valence-electron chi connectivity index (χ3n) is 5.20. The maximum Gasteiger partial charge on any atom is 0.343 e. The highest BCUT2D eigenvalue weighted by atomic mass is 79.9. The van der Waals surface area contributed by atoms with Gasteiger partial charge in [-0.05, 0) is 65.7 Å². The molecule has 0 aliphatic carbocycles. The number of nitrogens with one attached hydrogen (secondary N) is 1. The van der Waals surface area contributed by atoms with Crippen LogP contribution in [0.25, 0.3) is 10.8 Å². The number of amides is 1. The second-order valence-corrected chi connectivity index (χ2v) is 8.55. The summed E-state index contributed by atoms with van der Waals surface area (Å²) < 4.78 is 11.8. The number of benzene rings is 4. The van der Waals surface area contributed by atoms with Gasteiger partial charge in [0.05, 0.1) is 24.8 Å². The summed E-state index contributed by atoms with van der Waals surface area (Å²) in [5.41, 5.74) is 4.40. The molecule has 0 saturated heterocycles. The van der Waals surface area contributed by atoms with Crippen LogP contribution in [0.1, 0.15) is 28.4 Å². The van der Waals surface area contributed by atoms with Crippen LogP contribution in [0.5, 0.6) is 11.5 Å². The summed E-state index contributed by atoms with van der Waals surface area (Å²) in [6.45, 7) is 2.44. The minimum atomic E-state index is -0.509. The zero-order chi connectivity index (χ0) is 24.6. The third kappa shape index (κ3) is 6.33. The highest BCUT2D eigenvalue weighted by molar-refractivity contribution is 9.10. The average Bonchev–Trinajstić information content (AvgIpc) is 2.86. The summed E-state index contributed by atoms with van der Waals surface area (Å²) in [7, 11) is 0. The van der Waals surface area contributed by atoms with Crippen molar-refractivity contribution < 1.29 is 19.1 Å². The fourth-order valence-electron chi connectivity index (χ4n) is 3.56. The molecule has 4 aromatic rings. The van der Waals surface area contributed by atoms with Crippen LogP contribution in [0.4, 0.5) is 0 Å². The summed E-state index contributed by atoms with van der Waals surface area (Å²) in [6, 6.07) is 25.7. The SMILES string of the molecule is CCOc1ccc(C(=O)Oc2ccc(Br)cc2/C=N/NC(=O)Cc2cccc3ccccc23)cc1. The van der Waals surface area contributed by atoms with Crippen molar-refractivity contribution in [3.63, 3.8) is 0 Å². The number of carbonyl (C=O) groups excluding carboxylic acids is 2. The van der Waals surface area contributed by atoms with Gasteiger partial charge in [-0.1, -0.05) is 58.4 Å². The van der Waals surface area contributed by atoms with Gasteiger partial charge in [-0.25, -0.2) is 10.2 Å². The van der Waals surface area contributed by atoms with Crippen LogP contribution in [0.15, 0.2) is 94.5 Å². The lowest BCUT2D eigenvalue weighted by atomic mass is 10.0. The quantitative estimate of drug-likeness (QED) is 0.133. The summed E-state index contributed by atoms with van der Waals surface area (Å²) in [4.78, 5) is 25.1. The summed E-state index contributed by atoms with van der Waals surface area (Å²) in [5.74, 6) is 0.240. The number of halogens is 1. The van der Waals surface area contributed by atoms with Crippen molar-refractivity contribution in [1.29, 1.82) is 0 Å². The van der Waals surface area contributed by atoms with E-state index in [-0.39, 0.29) is 12.3 Å². The molecule has 0 aliphatic heterocycles. The molecule has 4 aromatic carbocycles. The van der Waals surface area contributed by atoms with Crippen LogP contribution in [0.3, 0.4) is 0 Å². The van der Waals surface area contributed by atoms with E-state index in [1.807, 2.05) is 49.4 Å². The maximum absolute atomic E-state index is 12.6. The summed E-state index contributed by atoms with van der Waals surface area (Å²) >= 11 is 3.41. The van der Waals surface area contributed by atoms with Crippen LogP contribution in [0.2, 0.25) is 0 Å². The molecule has 4 rings (SSSR count). The highest BCUT2D eigenvalue weighted by Gasteiger charge is 2.12. The zero-order valence-corrected chi connectivity index (χ0v) is 20.6. The molecule has 0 unspecified atom stereocenters. The van der Waals surface area contributed by atoms with Gasteiger partial charge >= 0.3 is 5.97 Å². The Morgan fingerprint density at radius 1 is 0.971 bits per heavy atom. The van der Waals surface area contributed by atoms with Crippen molar-refractivity contribution in [1.82, 2.24) is 5.43 Å². The Morgan fingerprint density at radius 2 is 1.74 bits per heavy atom. The number of fused-ring (bicyclic) bond motifs is 1. The van der Waals surface area contributed by atoms with Gasteiger partial charge < -0.3 is 9.47 Å². The maximum atomic E-state index is 12.6. The molecule has 0 saturated carbocycles. The lowest BCUT2D eigenvalue weighted by Crippen LogP contribution is -2.20. The number of hydrogen-bond acceptors (Lipinski definition) is 5. The predicted octanol–water partition coefficient (Wildman–Crippen LogP) is 5.91. The molecule has 7 heteroatoms. The Balaban J connectivity index is 1.43. The molecular weight excluding hydrogens is 508 g/mol. The summed E-state index contributed by atoms with van der Waals surface area (Å²) in [5, 5.41) is 6.19. The molecule has 1 amide bonds. The Hall–Kier alpha value is -3.97. The summed E-state index contributed by atoms with van der Waals surface area (Å²) in [6.07, 6.45) is 1.64. The standard InChI is InChI=1S/C28H23BrN2O4/c1-2-34-24-13-10-20(11-14-24)28(33)35-26-15-12-23(29)16-22(26)18-30-31-27(32)17-21-8-5-7-19-6-3-4-9-25(19)21/h3-16,18H,2,17H2,1H3,(H,31,32)/b30-18+. The molecule has 1 N–H and O–H groups in total. The Labute approximate surface area is 211 Å². The van der Waals surface area contributed by atoms with Gasteiger partial charge in [-0.2, -0.15) is 5.10 Å². The van der Waals surface area contributed by atoms with Crippen LogP contribution in [-0.2, 0) is 11.2 Å². The van der Waals surface area contributed by atoms with E-state index in [0.29, 0.717) is 29.2 Å². The fraction of sp³-hybridized carbons (Fsp3) is 0.107. The lowest BCUT2D eigenvalue weighted by molar-refractivity contribution is -0.120. The molecule has 0 fully saturated rings. The van der Waals surface area contributed by atoms with Gasteiger partial charge in [0, 0.05) is 10.0 Å². The first-order valence-electron chi connectivity index (χ1n) is 11.1. The predicted molar refractivity (Wildman–Crippen MR) is 140 cm³/mol. The van der Waals surface area contributed by atoms with Gasteiger partial charge in [-0.15, -0.1) is 0 Å². The van der Waals surface area contributed by atoms with Crippen molar-refractivity contribution in [2.45, 2.75) is 13.3 Å². The Kier molecular flexibility index (Phi) is 7.90. The van der Waals surface area contributed by atoms with Gasteiger partial charge in [0.25, 0.3) is 0 Å². The zero-order valence-electron chi connectivity index (χ0n) is 19.0. The van der Waals surface area contributed by atoms with Crippen LogP contribution in [-0.4, -0.2) is 24.7 Å². The lowest BCUT2D eigenvalue weighted by Gasteiger charge is -2.09. The van der Waals surface area contributed by atoms with Crippen molar-refractivity contribution in [3.8, 4) is 11.5 Å². The molecule has 0 aliphatic rings. The molecule has 0 heterocycles. The molecule has 176 valence electrons. The minimum absolute atomic E-state index is 0.191. The number of ether oxygens (including phenoxy) is 2. The van der Waals surface area contributed by atoms with E-state index in [0.717, 1.165) is 20.8 Å². The molecule has 0 atom stereocenters. The van der Waals surface area contributed by atoms with Crippen molar-refractivity contribution >= 4 is 44.8 Å². The Morgan fingerprint density at radius 3 is 2.54 bits per heavy atom. The van der Waals surface area contributed by atoms with E-state index >= 15 is 0 Å². The van der Waals surface area contributed by atoms with Crippen molar-refractivity contribution in [2.75, 3.05) is 6.61 Å². The molecule has 0 radical (unpaired) electrons. The van der Waals surface area contributed by atoms with E-state index < -0.39 is 5.97 Å². The largest absolute Gasteiger partial charge is 0.494 e.